The van der Waals surface area contributed by atoms with Crippen molar-refractivity contribution >= 4 is 17.5 Å². The molecule has 166 valence electrons. The monoisotopic (exact) mass is 426 g/mol. The van der Waals surface area contributed by atoms with Gasteiger partial charge < -0.3 is 30.7 Å². The molecule has 0 unspecified atom stereocenters. The van der Waals surface area contributed by atoms with E-state index in [-0.39, 0.29) is 19.2 Å². The number of anilines is 2. The van der Waals surface area contributed by atoms with Crippen molar-refractivity contribution in [3.05, 3.63) is 35.5 Å². The molecule has 1 atom stereocenters. The van der Waals surface area contributed by atoms with E-state index in [0.717, 1.165) is 56.2 Å². The minimum Gasteiger partial charge on any atom is -0.395 e. The Morgan fingerprint density at radius 2 is 2.16 bits per heavy atom. The number of hydrogen-bond donors (Lipinski definition) is 4. The molecule has 3 heterocycles. The maximum absolute atomic E-state index is 11.8. The Morgan fingerprint density at radius 1 is 1.32 bits per heavy atom. The lowest BCUT2D eigenvalue weighted by molar-refractivity contribution is 0.0924. The fourth-order valence-corrected chi connectivity index (χ4v) is 4.03. The molecule has 9 heteroatoms. The molecule has 1 aromatic carbocycles. The number of aromatic nitrogens is 2. The highest BCUT2D eigenvalue weighted by Gasteiger charge is 2.28. The molecule has 0 radical (unpaired) electrons. The number of amides is 2. The van der Waals surface area contributed by atoms with Crippen molar-refractivity contribution in [3.63, 3.8) is 0 Å². The van der Waals surface area contributed by atoms with Crippen LogP contribution in [-0.4, -0.2) is 66.6 Å². The lowest BCUT2D eigenvalue weighted by atomic mass is 10.0. The SMILES string of the molecule is CC[C@H]1COCCN1c1nc(-c2ccc(NC(=O)NCCO)cc2)nc2c1CCNC2. The number of nitrogens with zero attached hydrogens (tertiary/aromatic N) is 3. The van der Waals surface area contributed by atoms with E-state index in [1.165, 1.54) is 5.56 Å². The number of carbonyl (C=O) groups excluding carboxylic acids is 1. The van der Waals surface area contributed by atoms with Crippen LogP contribution in [0.15, 0.2) is 24.3 Å². The van der Waals surface area contributed by atoms with Crippen LogP contribution in [0.1, 0.15) is 24.6 Å². The molecule has 2 aromatic rings. The fourth-order valence-electron chi connectivity index (χ4n) is 4.03. The second-order valence-electron chi connectivity index (χ2n) is 7.74. The zero-order valence-corrected chi connectivity index (χ0v) is 17.9. The molecule has 0 aliphatic carbocycles. The van der Waals surface area contributed by atoms with Crippen molar-refractivity contribution in [2.75, 3.05) is 49.7 Å². The quantitative estimate of drug-likeness (QED) is 0.554. The zero-order chi connectivity index (χ0) is 21.6. The Bertz CT molecular complexity index is 905. The summed E-state index contributed by atoms with van der Waals surface area (Å²) >= 11 is 0. The lowest BCUT2D eigenvalue weighted by Crippen LogP contribution is -2.46. The van der Waals surface area contributed by atoms with E-state index in [0.29, 0.717) is 24.2 Å². The third kappa shape index (κ3) is 4.95. The summed E-state index contributed by atoms with van der Waals surface area (Å²) in [5.74, 6) is 1.72. The molecule has 2 amide bonds. The Labute approximate surface area is 182 Å². The second-order valence-corrected chi connectivity index (χ2v) is 7.74. The second kappa shape index (κ2) is 10.0. The van der Waals surface area contributed by atoms with Gasteiger partial charge in [-0.2, -0.15) is 0 Å². The molecule has 1 saturated heterocycles. The molecule has 2 aliphatic heterocycles. The Morgan fingerprint density at radius 3 is 2.94 bits per heavy atom. The molecule has 1 aromatic heterocycles. The lowest BCUT2D eigenvalue weighted by Gasteiger charge is -2.38. The van der Waals surface area contributed by atoms with Crippen LogP contribution >= 0.6 is 0 Å². The number of benzene rings is 1. The molecule has 31 heavy (non-hydrogen) atoms. The molecule has 4 rings (SSSR count). The van der Waals surface area contributed by atoms with Crippen molar-refractivity contribution in [1.82, 2.24) is 20.6 Å². The van der Waals surface area contributed by atoms with E-state index in [1.807, 2.05) is 24.3 Å². The zero-order valence-electron chi connectivity index (χ0n) is 17.9. The van der Waals surface area contributed by atoms with E-state index in [9.17, 15) is 4.79 Å². The first kappa shape index (κ1) is 21.5. The summed E-state index contributed by atoms with van der Waals surface area (Å²) in [5.41, 5.74) is 3.86. The van der Waals surface area contributed by atoms with Crippen LogP contribution in [0.3, 0.4) is 0 Å². The van der Waals surface area contributed by atoms with Gasteiger partial charge in [-0.25, -0.2) is 14.8 Å². The largest absolute Gasteiger partial charge is 0.395 e. The molecule has 2 aliphatic rings. The molecule has 1 fully saturated rings. The van der Waals surface area contributed by atoms with Crippen LogP contribution < -0.4 is 20.9 Å². The first-order chi connectivity index (χ1) is 15.2. The van der Waals surface area contributed by atoms with Crippen molar-refractivity contribution in [3.8, 4) is 11.4 Å². The van der Waals surface area contributed by atoms with Crippen LogP contribution in [0, 0.1) is 0 Å². The van der Waals surface area contributed by atoms with E-state index in [1.54, 1.807) is 0 Å². The molecule has 4 N–H and O–H groups in total. The predicted octanol–water partition coefficient (Wildman–Crippen LogP) is 1.52. The molecule has 0 saturated carbocycles. The van der Waals surface area contributed by atoms with Crippen molar-refractivity contribution in [1.29, 1.82) is 0 Å². The fraction of sp³-hybridized carbons (Fsp3) is 0.500. The van der Waals surface area contributed by atoms with Gasteiger partial charge >= 0.3 is 6.03 Å². The van der Waals surface area contributed by atoms with E-state index in [2.05, 4.69) is 27.8 Å². The van der Waals surface area contributed by atoms with Gasteiger partial charge in [0, 0.05) is 36.4 Å². The number of rotatable bonds is 6. The van der Waals surface area contributed by atoms with E-state index in [4.69, 9.17) is 19.8 Å². The molecule has 0 bridgehead atoms. The Kier molecular flexibility index (Phi) is 6.96. The van der Waals surface area contributed by atoms with Gasteiger partial charge in [-0.1, -0.05) is 6.92 Å². The Balaban J connectivity index is 1.62. The maximum atomic E-state index is 11.8. The van der Waals surface area contributed by atoms with Crippen LogP contribution in [0.4, 0.5) is 16.3 Å². The Hall–Kier alpha value is -2.75. The van der Waals surface area contributed by atoms with Gasteiger partial charge in [-0.05, 0) is 43.7 Å². The molecule has 0 spiro atoms. The van der Waals surface area contributed by atoms with Gasteiger partial charge in [0.05, 0.1) is 31.6 Å². The van der Waals surface area contributed by atoms with Crippen LogP contribution in [-0.2, 0) is 17.7 Å². The van der Waals surface area contributed by atoms with Gasteiger partial charge in [0.25, 0.3) is 0 Å². The normalized spacial score (nSPS) is 18.4. The molecular weight excluding hydrogens is 396 g/mol. The molecular formula is C22H30N6O3. The first-order valence-electron chi connectivity index (χ1n) is 10.9. The third-order valence-electron chi connectivity index (χ3n) is 5.68. The van der Waals surface area contributed by atoms with Gasteiger partial charge in [-0.15, -0.1) is 0 Å². The predicted molar refractivity (Wildman–Crippen MR) is 119 cm³/mol. The minimum atomic E-state index is -0.349. The number of nitrogens with one attached hydrogen (secondary N) is 3. The summed E-state index contributed by atoms with van der Waals surface area (Å²) in [4.78, 5) is 24.0. The van der Waals surface area contributed by atoms with Crippen LogP contribution in [0.2, 0.25) is 0 Å². The topological polar surface area (TPSA) is 112 Å². The van der Waals surface area contributed by atoms with Crippen molar-refractivity contribution in [2.45, 2.75) is 32.4 Å². The van der Waals surface area contributed by atoms with Gasteiger partial charge in [-0.3, -0.25) is 0 Å². The highest BCUT2D eigenvalue weighted by Crippen LogP contribution is 2.30. The summed E-state index contributed by atoms with van der Waals surface area (Å²) < 4.78 is 5.70. The van der Waals surface area contributed by atoms with Crippen molar-refractivity contribution in [2.24, 2.45) is 0 Å². The smallest absolute Gasteiger partial charge is 0.319 e. The number of fused-ring (bicyclic) bond motifs is 1. The minimum absolute atomic E-state index is 0.0960. The van der Waals surface area contributed by atoms with Gasteiger partial charge in [0.15, 0.2) is 5.82 Å². The summed E-state index contributed by atoms with van der Waals surface area (Å²) in [7, 11) is 0. The summed E-state index contributed by atoms with van der Waals surface area (Å²) in [6, 6.07) is 7.47. The number of aliphatic hydroxyl groups excluding tert-OH is 1. The summed E-state index contributed by atoms with van der Waals surface area (Å²) in [6.45, 7) is 6.24. The van der Waals surface area contributed by atoms with Gasteiger partial charge in [0.2, 0.25) is 0 Å². The number of carbonyl (C=O) groups is 1. The molecule has 9 nitrogen and oxygen atoms in total. The van der Waals surface area contributed by atoms with Gasteiger partial charge in [0.1, 0.15) is 5.82 Å². The van der Waals surface area contributed by atoms with E-state index < -0.39 is 0 Å². The number of hydrogen-bond acceptors (Lipinski definition) is 7. The maximum Gasteiger partial charge on any atom is 0.319 e. The summed E-state index contributed by atoms with van der Waals surface area (Å²) in [5, 5.41) is 17.5. The summed E-state index contributed by atoms with van der Waals surface area (Å²) in [6.07, 6.45) is 1.93. The number of ether oxygens (including phenoxy) is 1. The first-order valence-corrected chi connectivity index (χ1v) is 10.9. The van der Waals surface area contributed by atoms with Crippen LogP contribution in [0.5, 0.6) is 0 Å². The van der Waals surface area contributed by atoms with E-state index >= 15 is 0 Å². The highest BCUT2D eigenvalue weighted by molar-refractivity contribution is 5.89. The third-order valence-corrected chi connectivity index (χ3v) is 5.68. The average molecular weight is 427 g/mol. The average Bonchev–Trinajstić information content (AvgIpc) is 2.82. The number of urea groups is 1. The van der Waals surface area contributed by atoms with Crippen molar-refractivity contribution < 1.29 is 14.6 Å². The van der Waals surface area contributed by atoms with Crippen LogP contribution in [0.25, 0.3) is 11.4 Å². The number of morpholine rings is 1. The highest BCUT2D eigenvalue weighted by atomic mass is 16.5. The standard InChI is InChI=1S/C22H30N6O3/c1-2-17-14-31-12-10-28(17)21-18-7-8-23-13-19(18)26-20(27-21)15-3-5-16(6-4-15)25-22(30)24-9-11-29/h3-6,17,23,29H,2,7-14H2,1H3,(H2,24,25,30)/t17-/m0/s1. The number of aliphatic hydroxyl groups is 1.